The molecule has 0 radical (unpaired) electrons. The minimum absolute atomic E-state index is 0.289. The second-order valence-electron chi connectivity index (χ2n) is 5.17. The number of nitrogens with two attached hydrogens (primary N) is 1. The first-order valence-corrected chi connectivity index (χ1v) is 6.59. The molecule has 3 rings (SSSR count). The van der Waals surface area contributed by atoms with E-state index in [1.165, 1.54) is 11.1 Å². The fourth-order valence-electron chi connectivity index (χ4n) is 2.73. The molecule has 98 valence electrons. The number of hydrogen-bond donors (Lipinski definition) is 2. The second kappa shape index (κ2) is 4.53. The molecule has 4 heteroatoms. The van der Waals surface area contributed by atoms with E-state index in [1.54, 1.807) is 0 Å². The molecule has 0 fully saturated rings. The molecule has 1 unspecified atom stereocenters. The molecule has 1 atom stereocenters. The molecule has 0 saturated heterocycles. The van der Waals surface area contributed by atoms with Crippen molar-refractivity contribution in [1.82, 2.24) is 9.97 Å². The molecule has 2 aromatic rings. The smallest absolute Gasteiger partial charge is 0.223 e. The Bertz CT molecular complexity index is 601. The number of benzene rings is 1. The van der Waals surface area contributed by atoms with Gasteiger partial charge in [-0.05, 0) is 56.0 Å². The maximum absolute atomic E-state index is 5.82. The summed E-state index contributed by atoms with van der Waals surface area (Å²) >= 11 is 0. The third-order valence-corrected chi connectivity index (χ3v) is 3.53. The molecule has 19 heavy (non-hydrogen) atoms. The van der Waals surface area contributed by atoms with Gasteiger partial charge in [0.15, 0.2) is 0 Å². The molecular weight excluding hydrogens is 236 g/mol. The average molecular weight is 254 g/mol. The van der Waals surface area contributed by atoms with Gasteiger partial charge in [0.25, 0.3) is 0 Å². The number of nitrogens with zero attached hydrogens (tertiary/aromatic N) is 2. The van der Waals surface area contributed by atoms with E-state index in [-0.39, 0.29) is 6.04 Å². The number of aryl methyl sites for hydroxylation is 3. The quantitative estimate of drug-likeness (QED) is 0.809. The Morgan fingerprint density at radius 2 is 1.89 bits per heavy atom. The largest absolute Gasteiger partial charge is 0.399 e. The van der Waals surface area contributed by atoms with Crippen molar-refractivity contribution in [3.8, 4) is 0 Å². The van der Waals surface area contributed by atoms with Gasteiger partial charge >= 0.3 is 0 Å². The lowest BCUT2D eigenvalue weighted by molar-refractivity contribution is 0.748. The molecule has 4 nitrogen and oxygen atoms in total. The minimum atomic E-state index is 0.289. The summed E-state index contributed by atoms with van der Waals surface area (Å²) in [4.78, 5) is 8.88. The molecular formula is C15H18N4. The van der Waals surface area contributed by atoms with Crippen LogP contribution in [0.25, 0.3) is 0 Å². The maximum Gasteiger partial charge on any atom is 0.223 e. The zero-order chi connectivity index (χ0) is 13.4. The number of hydrogen-bond acceptors (Lipinski definition) is 4. The van der Waals surface area contributed by atoms with Crippen LogP contribution in [0.15, 0.2) is 24.3 Å². The maximum atomic E-state index is 5.82. The van der Waals surface area contributed by atoms with Crippen LogP contribution in [0.4, 0.5) is 11.6 Å². The van der Waals surface area contributed by atoms with Crippen LogP contribution in [-0.4, -0.2) is 9.97 Å². The Morgan fingerprint density at radius 3 is 2.63 bits per heavy atom. The van der Waals surface area contributed by atoms with Crippen LogP contribution in [0.1, 0.15) is 35.0 Å². The van der Waals surface area contributed by atoms with Crippen LogP contribution in [0.3, 0.4) is 0 Å². The first kappa shape index (κ1) is 12.0. The van der Waals surface area contributed by atoms with E-state index in [0.717, 1.165) is 29.9 Å². The molecule has 3 N–H and O–H groups in total. The summed E-state index contributed by atoms with van der Waals surface area (Å²) in [5, 5.41) is 3.44. The SMILES string of the molecule is Cc1cc(C)nc(NC2CCc3cc(N)ccc32)n1. The molecule has 0 amide bonds. The second-order valence-corrected chi connectivity index (χ2v) is 5.17. The van der Waals surface area contributed by atoms with Gasteiger partial charge in [-0.1, -0.05) is 6.07 Å². The van der Waals surface area contributed by atoms with Crippen LogP contribution < -0.4 is 11.1 Å². The Balaban J connectivity index is 1.86. The highest BCUT2D eigenvalue weighted by atomic mass is 15.1. The molecule has 0 aliphatic heterocycles. The highest BCUT2D eigenvalue weighted by molar-refractivity contribution is 5.49. The summed E-state index contributed by atoms with van der Waals surface area (Å²) in [5.74, 6) is 0.715. The van der Waals surface area contributed by atoms with E-state index in [1.807, 2.05) is 26.0 Å². The first-order valence-electron chi connectivity index (χ1n) is 6.59. The van der Waals surface area contributed by atoms with E-state index in [9.17, 15) is 0 Å². The standard InChI is InChI=1S/C15H18N4/c1-9-7-10(2)18-15(17-9)19-14-6-3-11-8-12(16)4-5-13(11)14/h4-5,7-8,14H,3,6,16H2,1-2H3,(H,17,18,19). The van der Waals surface area contributed by atoms with E-state index >= 15 is 0 Å². The molecule has 1 aromatic carbocycles. The minimum Gasteiger partial charge on any atom is -0.399 e. The normalized spacial score (nSPS) is 17.3. The number of anilines is 2. The summed E-state index contributed by atoms with van der Waals surface area (Å²) in [6, 6.07) is 8.41. The summed E-state index contributed by atoms with van der Waals surface area (Å²) in [6.07, 6.45) is 2.12. The van der Waals surface area contributed by atoms with Crippen molar-refractivity contribution in [2.24, 2.45) is 0 Å². The lowest BCUT2D eigenvalue weighted by atomic mass is 10.1. The number of fused-ring (bicyclic) bond motifs is 1. The van der Waals surface area contributed by atoms with Crippen molar-refractivity contribution in [3.63, 3.8) is 0 Å². The van der Waals surface area contributed by atoms with Crippen molar-refractivity contribution in [2.75, 3.05) is 11.1 Å². The Morgan fingerprint density at radius 1 is 1.16 bits per heavy atom. The molecule has 0 bridgehead atoms. The molecule has 1 aliphatic carbocycles. The predicted octanol–water partition coefficient (Wildman–Crippen LogP) is 2.78. The lowest BCUT2D eigenvalue weighted by Gasteiger charge is -2.14. The van der Waals surface area contributed by atoms with Crippen molar-refractivity contribution in [1.29, 1.82) is 0 Å². The fraction of sp³-hybridized carbons (Fsp3) is 0.333. The van der Waals surface area contributed by atoms with Crippen molar-refractivity contribution >= 4 is 11.6 Å². The van der Waals surface area contributed by atoms with Crippen LogP contribution in [0, 0.1) is 13.8 Å². The Kier molecular flexibility index (Phi) is 2.85. The van der Waals surface area contributed by atoms with Crippen LogP contribution in [0.2, 0.25) is 0 Å². The number of rotatable bonds is 2. The number of aromatic nitrogens is 2. The fourth-order valence-corrected chi connectivity index (χ4v) is 2.73. The van der Waals surface area contributed by atoms with E-state index < -0.39 is 0 Å². The predicted molar refractivity (Wildman–Crippen MR) is 77.0 cm³/mol. The van der Waals surface area contributed by atoms with E-state index in [4.69, 9.17) is 5.73 Å². The third kappa shape index (κ3) is 2.38. The molecule has 1 heterocycles. The van der Waals surface area contributed by atoms with Gasteiger partial charge in [0, 0.05) is 17.1 Å². The number of nitrogens with one attached hydrogen (secondary N) is 1. The zero-order valence-corrected chi connectivity index (χ0v) is 11.3. The van der Waals surface area contributed by atoms with Gasteiger partial charge in [0.2, 0.25) is 5.95 Å². The van der Waals surface area contributed by atoms with Gasteiger partial charge in [-0.2, -0.15) is 0 Å². The molecule has 1 aliphatic rings. The highest BCUT2D eigenvalue weighted by Gasteiger charge is 2.23. The zero-order valence-electron chi connectivity index (χ0n) is 11.3. The first-order chi connectivity index (χ1) is 9.11. The van der Waals surface area contributed by atoms with Gasteiger partial charge < -0.3 is 11.1 Å². The molecule has 1 aromatic heterocycles. The summed E-state index contributed by atoms with van der Waals surface area (Å²) in [5.41, 5.74) is 11.3. The monoisotopic (exact) mass is 254 g/mol. The van der Waals surface area contributed by atoms with Gasteiger partial charge in [0.1, 0.15) is 0 Å². The van der Waals surface area contributed by atoms with Crippen LogP contribution in [-0.2, 0) is 6.42 Å². The molecule has 0 spiro atoms. The summed E-state index contributed by atoms with van der Waals surface area (Å²) in [6.45, 7) is 3.98. The summed E-state index contributed by atoms with van der Waals surface area (Å²) in [7, 11) is 0. The summed E-state index contributed by atoms with van der Waals surface area (Å²) < 4.78 is 0. The third-order valence-electron chi connectivity index (χ3n) is 3.53. The highest BCUT2D eigenvalue weighted by Crippen LogP contribution is 2.34. The van der Waals surface area contributed by atoms with Gasteiger partial charge in [0.05, 0.1) is 6.04 Å². The Hall–Kier alpha value is -2.10. The average Bonchev–Trinajstić information content (AvgIpc) is 2.70. The number of nitrogen functional groups attached to an aromatic ring is 1. The van der Waals surface area contributed by atoms with Crippen molar-refractivity contribution in [2.45, 2.75) is 32.7 Å². The van der Waals surface area contributed by atoms with Crippen LogP contribution in [0.5, 0.6) is 0 Å². The van der Waals surface area contributed by atoms with Gasteiger partial charge in [-0.3, -0.25) is 0 Å². The van der Waals surface area contributed by atoms with Crippen molar-refractivity contribution in [3.05, 3.63) is 46.8 Å². The van der Waals surface area contributed by atoms with E-state index in [0.29, 0.717) is 5.95 Å². The Labute approximate surface area is 113 Å². The van der Waals surface area contributed by atoms with Crippen LogP contribution >= 0.6 is 0 Å². The van der Waals surface area contributed by atoms with Crippen molar-refractivity contribution < 1.29 is 0 Å². The topological polar surface area (TPSA) is 63.8 Å². The molecule has 0 saturated carbocycles. The van der Waals surface area contributed by atoms with Gasteiger partial charge in [-0.15, -0.1) is 0 Å². The van der Waals surface area contributed by atoms with E-state index in [2.05, 4.69) is 27.4 Å². The van der Waals surface area contributed by atoms with Gasteiger partial charge in [-0.25, -0.2) is 9.97 Å². The lowest BCUT2D eigenvalue weighted by Crippen LogP contribution is -2.11.